The van der Waals surface area contributed by atoms with Crippen molar-refractivity contribution >= 4 is 23.3 Å². The average Bonchev–Trinajstić information content (AvgIpc) is 2.79. The summed E-state index contributed by atoms with van der Waals surface area (Å²) in [7, 11) is 0. The number of Topliss-reactive ketones (excluding diaryl/α,β-unsaturated/α-hetero) is 1. The van der Waals surface area contributed by atoms with Gasteiger partial charge in [-0.15, -0.1) is 0 Å². The Balaban J connectivity index is 1.91. The number of nitro benzene ring substituents is 1. The normalized spacial score (nSPS) is 15.9. The quantitative estimate of drug-likeness (QED) is 0.318. The van der Waals surface area contributed by atoms with Crippen LogP contribution in [0.5, 0.6) is 11.5 Å². The Bertz CT molecular complexity index is 1000. The van der Waals surface area contributed by atoms with E-state index in [1.807, 2.05) is 0 Å². The number of hydrogen-bond donors (Lipinski definition) is 0. The number of hydrogen-bond acceptors (Lipinski definition) is 7. The fourth-order valence-corrected chi connectivity index (χ4v) is 2.95. The fourth-order valence-electron chi connectivity index (χ4n) is 2.95. The van der Waals surface area contributed by atoms with Crippen LogP contribution in [0.15, 0.2) is 42.5 Å². The third kappa shape index (κ3) is 3.93. The Morgan fingerprint density at radius 2 is 1.97 bits per heavy atom. The molecule has 0 fully saturated rings. The first-order chi connectivity index (χ1) is 13.8. The van der Waals surface area contributed by atoms with Crippen molar-refractivity contribution in [3.63, 3.8) is 0 Å². The first-order valence-electron chi connectivity index (χ1n) is 8.89. The highest BCUT2D eigenvalue weighted by Gasteiger charge is 2.35. The van der Waals surface area contributed by atoms with E-state index in [0.29, 0.717) is 0 Å². The lowest BCUT2D eigenvalue weighted by Crippen LogP contribution is -2.44. The van der Waals surface area contributed by atoms with E-state index < -0.39 is 35.2 Å². The van der Waals surface area contributed by atoms with Gasteiger partial charge in [-0.05, 0) is 38.1 Å². The zero-order valence-corrected chi connectivity index (χ0v) is 15.8. The molecule has 0 aromatic heterocycles. The first kappa shape index (κ1) is 20.0. The minimum atomic E-state index is -0.968. The summed E-state index contributed by atoms with van der Waals surface area (Å²) < 4.78 is 10.7. The molecule has 2 aromatic carbocycles. The molecule has 150 valence electrons. The summed E-state index contributed by atoms with van der Waals surface area (Å²) in [6.07, 6.45) is -0.968. The lowest BCUT2D eigenvalue weighted by atomic mass is 10.1. The second kappa shape index (κ2) is 8.09. The van der Waals surface area contributed by atoms with E-state index in [-0.39, 0.29) is 34.9 Å². The molecule has 9 nitrogen and oxygen atoms in total. The maximum atomic E-state index is 12.8. The standard InChI is InChI=1S/C20H18N2O7/c1-3-28-18-9-8-13(10-15(18)22(26)27)16(23)11-21-19(24)12(2)29-17-7-5-4-6-14(17)20(21)25/h4-10,12H,3,11H2,1-2H3/t12-/m1/s1. The van der Waals surface area contributed by atoms with Gasteiger partial charge >= 0.3 is 5.69 Å². The molecule has 3 rings (SSSR count). The summed E-state index contributed by atoms with van der Waals surface area (Å²) in [5.74, 6) is -1.66. The fraction of sp³-hybridized carbons (Fsp3) is 0.250. The number of nitro groups is 1. The van der Waals surface area contributed by atoms with Gasteiger partial charge in [-0.3, -0.25) is 29.4 Å². The minimum Gasteiger partial charge on any atom is -0.487 e. The summed E-state index contributed by atoms with van der Waals surface area (Å²) in [6.45, 7) is 2.82. The summed E-state index contributed by atoms with van der Waals surface area (Å²) in [5.41, 5.74) is -0.212. The van der Waals surface area contributed by atoms with E-state index in [1.54, 1.807) is 25.1 Å². The second-order valence-corrected chi connectivity index (χ2v) is 6.28. The highest BCUT2D eigenvalue weighted by atomic mass is 16.6. The molecule has 0 saturated carbocycles. The second-order valence-electron chi connectivity index (χ2n) is 6.28. The molecule has 29 heavy (non-hydrogen) atoms. The molecule has 0 aliphatic carbocycles. The number of carbonyl (C=O) groups excluding carboxylic acids is 3. The van der Waals surface area contributed by atoms with Gasteiger partial charge in [-0.25, -0.2) is 0 Å². The lowest BCUT2D eigenvalue weighted by Gasteiger charge is -2.19. The maximum absolute atomic E-state index is 12.8. The van der Waals surface area contributed by atoms with Crippen molar-refractivity contribution in [2.75, 3.05) is 13.2 Å². The monoisotopic (exact) mass is 398 g/mol. The van der Waals surface area contributed by atoms with Gasteiger partial charge in [0, 0.05) is 11.6 Å². The van der Waals surface area contributed by atoms with Gasteiger partial charge < -0.3 is 9.47 Å². The van der Waals surface area contributed by atoms with E-state index in [2.05, 4.69) is 0 Å². The maximum Gasteiger partial charge on any atom is 0.311 e. The molecular formula is C20H18N2O7. The molecule has 9 heteroatoms. The van der Waals surface area contributed by atoms with Crippen molar-refractivity contribution in [2.45, 2.75) is 20.0 Å². The zero-order valence-electron chi connectivity index (χ0n) is 15.8. The molecule has 1 atom stereocenters. The van der Waals surface area contributed by atoms with Crippen LogP contribution in [-0.2, 0) is 4.79 Å². The molecule has 0 unspecified atom stereocenters. The van der Waals surface area contributed by atoms with E-state index in [0.717, 1.165) is 11.0 Å². The highest BCUT2D eigenvalue weighted by molar-refractivity contribution is 6.12. The molecule has 0 spiro atoms. The molecular weight excluding hydrogens is 380 g/mol. The van der Waals surface area contributed by atoms with E-state index in [1.165, 1.54) is 25.1 Å². The number of benzene rings is 2. The third-order valence-electron chi connectivity index (χ3n) is 4.36. The molecule has 2 aromatic rings. The van der Waals surface area contributed by atoms with Crippen molar-refractivity contribution in [3.05, 3.63) is 63.7 Å². The molecule has 2 amide bonds. The predicted molar refractivity (Wildman–Crippen MR) is 101 cm³/mol. The number of amides is 2. The van der Waals surface area contributed by atoms with Crippen molar-refractivity contribution in [1.82, 2.24) is 4.90 Å². The SMILES string of the molecule is CCOc1ccc(C(=O)CN2C(=O)c3ccccc3O[C@H](C)C2=O)cc1[N+](=O)[O-]. The van der Waals surface area contributed by atoms with E-state index >= 15 is 0 Å². The Morgan fingerprint density at radius 3 is 2.66 bits per heavy atom. The number of ketones is 1. The topological polar surface area (TPSA) is 116 Å². The van der Waals surface area contributed by atoms with Crippen LogP contribution in [0.25, 0.3) is 0 Å². The van der Waals surface area contributed by atoms with Crippen molar-refractivity contribution in [3.8, 4) is 11.5 Å². The minimum absolute atomic E-state index is 0.00754. The van der Waals surface area contributed by atoms with Crippen LogP contribution in [0, 0.1) is 10.1 Å². The number of rotatable bonds is 6. The smallest absolute Gasteiger partial charge is 0.311 e. The van der Waals surface area contributed by atoms with Crippen molar-refractivity contribution in [1.29, 1.82) is 0 Å². The molecule has 1 heterocycles. The van der Waals surface area contributed by atoms with Crippen LogP contribution < -0.4 is 9.47 Å². The number of ether oxygens (including phenoxy) is 2. The summed E-state index contributed by atoms with van der Waals surface area (Å²) in [4.78, 5) is 49.6. The van der Waals surface area contributed by atoms with Crippen molar-refractivity contribution < 1.29 is 28.8 Å². The molecule has 1 aliphatic heterocycles. The number of imide groups is 1. The lowest BCUT2D eigenvalue weighted by molar-refractivity contribution is -0.385. The number of fused-ring (bicyclic) bond motifs is 1. The predicted octanol–water partition coefficient (Wildman–Crippen LogP) is 2.63. The average molecular weight is 398 g/mol. The number of carbonyl (C=O) groups is 3. The van der Waals surface area contributed by atoms with Gasteiger partial charge in [0.1, 0.15) is 5.75 Å². The van der Waals surface area contributed by atoms with Gasteiger partial charge in [0.25, 0.3) is 11.8 Å². The van der Waals surface area contributed by atoms with Crippen LogP contribution in [-0.4, -0.2) is 46.7 Å². The molecule has 0 N–H and O–H groups in total. The van der Waals surface area contributed by atoms with Crippen LogP contribution in [0.4, 0.5) is 5.69 Å². The van der Waals surface area contributed by atoms with E-state index in [9.17, 15) is 24.5 Å². The molecule has 1 aliphatic rings. The van der Waals surface area contributed by atoms with Crippen LogP contribution in [0.3, 0.4) is 0 Å². The molecule has 0 bridgehead atoms. The Hall–Kier alpha value is -3.75. The van der Waals surface area contributed by atoms with Crippen molar-refractivity contribution in [2.24, 2.45) is 0 Å². The van der Waals surface area contributed by atoms with Gasteiger partial charge in [-0.1, -0.05) is 12.1 Å². The Labute approximate surface area is 166 Å². The zero-order chi connectivity index (χ0) is 21.1. The van der Waals surface area contributed by atoms with Crippen LogP contribution >= 0.6 is 0 Å². The first-order valence-corrected chi connectivity index (χ1v) is 8.89. The Kier molecular flexibility index (Phi) is 5.58. The largest absolute Gasteiger partial charge is 0.487 e. The van der Waals surface area contributed by atoms with Gasteiger partial charge in [-0.2, -0.15) is 0 Å². The third-order valence-corrected chi connectivity index (χ3v) is 4.36. The van der Waals surface area contributed by atoms with Gasteiger partial charge in [0.2, 0.25) is 0 Å². The highest BCUT2D eigenvalue weighted by Crippen LogP contribution is 2.29. The van der Waals surface area contributed by atoms with Gasteiger partial charge in [0.15, 0.2) is 17.6 Å². The summed E-state index contributed by atoms with van der Waals surface area (Å²) in [5, 5.41) is 11.3. The number of para-hydroxylation sites is 1. The number of nitrogens with zero attached hydrogens (tertiary/aromatic N) is 2. The van der Waals surface area contributed by atoms with Crippen LogP contribution in [0.2, 0.25) is 0 Å². The summed E-state index contributed by atoms with van der Waals surface area (Å²) >= 11 is 0. The molecule has 0 saturated heterocycles. The van der Waals surface area contributed by atoms with Crippen LogP contribution in [0.1, 0.15) is 34.6 Å². The van der Waals surface area contributed by atoms with E-state index in [4.69, 9.17) is 9.47 Å². The van der Waals surface area contributed by atoms with Gasteiger partial charge in [0.05, 0.1) is 23.6 Å². The molecule has 0 radical (unpaired) electrons. The summed E-state index contributed by atoms with van der Waals surface area (Å²) in [6, 6.07) is 10.1. The Morgan fingerprint density at radius 1 is 1.24 bits per heavy atom.